The van der Waals surface area contributed by atoms with E-state index in [9.17, 15) is 4.79 Å². The van der Waals surface area contributed by atoms with Gasteiger partial charge in [-0.05, 0) is 24.9 Å². The molecule has 0 unspecified atom stereocenters. The maximum Gasteiger partial charge on any atom is 0.358 e. The third-order valence-corrected chi connectivity index (χ3v) is 3.11. The SMILES string of the molecule is CCc1nn(C)c(C(=O)OCCCSC)c1N. The number of thioether (sulfide) groups is 1. The number of nitrogens with zero attached hydrogens (tertiary/aromatic N) is 2. The van der Waals surface area contributed by atoms with Crippen LogP contribution in [0.5, 0.6) is 0 Å². The van der Waals surface area contributed by atoms with Gasteiger partial charge < -0.3 is 10.5 Å². The summed E-state index contributed by atoms with van der Waals surface area (Å²) in [5.41, 5.74) is 7.38. The van der Waals surface area contributed by atoms with Crippen LogP contribution in [-0.2, 0) is 18.2 Å². The highest BCUT2D eigenvalue weighted by atomic mass is 32.2. The fraction of sp³-hybridized carbons (Fsp3) is 0.636. The quantitative estimate of drug-likeness (QED) is 0.617. The molecule has 0 amide bonds. The van der Waals surface area contributed by atoms with E-state index in [1.807, 2.05) is 13.2 Å². The highest BCUT2D eigenvalue weighted by molar-refractivity contribution is 7.98. The van der Waals surface area contributed by atoms with Gasteiger partial charge in [0.2, 0.25) is 0 Å². The second-order valence-electron chi connectivity index (χ2n) is 3.67. The summed E-state index contributed by atoms with van der Waals surface area (Å²) in [5.74, 6) is 0.590. The van der Waals surface area contributed by atoms with Crippen LogP contribution >= 0.6 is 11.8 Å². The van der Waals surface area contributed by atoms with Gasteiger partial charge in [-0.25, -0.2) is 4.79 Å². The number of nitrogens with two attached hydrogens (primary N) is 1. The van der Waals surface area contributed by atoms with Crippen LogP contribution < -0.4 is 5.73 Å². The van der Waals surface area contributed by atoms with Gasteiger partial charge in [-0.3, -0.25) is 4.68 Å². The fourth-order valence-corrected chi connectivity index (χ4v) is 1.94. The summed E-state index contributed by atoms with van der Waals surface area (Å²) < 4.78 is 6.65. The number of nitrogen functional groups attached to an aromatic ring is 1. The van der Waals surface area contributed by atoms with Crippen molar-refractivity contribution in [2.45, 2.75) is 19.8 Å². The van der Waals surface area contributed by atoms with E-state index in [1.54, 1.807) is 18.8 Å². The monoisotopic (exact) mass is 257 g/mol. The van der Waals surface area contributed by atoms with E-state index in [0.717, 1.165) is 17.9 Å². The number of aryl methyl sites for hydroxylation is 2. The molecule has 6 heteroatoms. The summed E-state index contributed by atoms with van der Waals surface area (Å²) in [6, 6.07) is 0. The van der Waals surface area contributed by atoms with E-state index >= 15 is 0 Å². The molecule has 1 aromatic rings. The number of rotatable bonds is 6. The number of esters is 1. The summed E-state index contributed by atoms with van der Waals surface area (Å²) in [7, 11) is 1.70. The molecule has 1 rings (SSSR count). The minimum absolute atomic E-state index is 0.353. The van der Waals surface area contributed by atoms with Crippen molar-refractivity contribution in [3.05, 3.63) is 11.4 Å². The smallest absolute Gasteiger partial charge is 0.358 e. The number of ether oxygens (including phenoxy) is 1. The predicted octanol–water partition coefficient (Wildman–Crippen LogP) is 1.47. The van der Waals surface area contributed by atoms with Gasteiger partial charge in [0.05, 0.1) is 18.0 Å². The maximum absolute atomic E-state index is 11.8. The lowest BCUT2D eigenvalue weighted by Crippen LogP contribution is -2.13. The summed E-state index contributed by atoms with van der Waals surface area (Å²) >= 11 is 1.73. The zero-order valence-electron chi connectivity index (χ0n) is 10.5. The Kier molecular flexibility index (Phi) is 5.34. The third kappa shape index (κ3) is 3.39. The van der Waals surface area contributed by atoms with Gasteiger partial charge in [-0.2, -0.15) is 16.9 Å². The molecule has 0 aliphatic carbocycles. The summed E-state index contributed by atoms with van der Waals surface area (Å²) in [4.78, 5) is 11.8. The van der Waals surface area contributed by atoms with Crippen molar-refractivity contribution in [2.75, 3.05) is 24.3 Å². The Morgan fingerprint density at radius 3 is 2.82 bits per heavy atom. The first-order chi connectivity index (χ1) is 8.11. The molecule has 5 nitrogen and oxygen atoms in total. The fourth-order valence-electron chi connectivity index (χ4n) is 1.54. The summed E-state index contributed by atoms with van der Waals surface area (Å²) in [6.07, 6.45) is 3.58. The number of hydrogen-bond acceptors (Lipinski definition) is 5. The molecule has 0 radical (unpaired) electrons. The number of aromatic nitrogens is 2. The molecule has 2 N–H and O–H groups in total. The summed E-state index contributed by atoms with van der Waals surface area (Å²) in [5, 5.41) is 4.18. The highest BCUT2D eigenvalue weighted by Crippen LogP contribution is 2.17. The van der Waals surface area contributed by atoms with Crippen LogP contribution in [0.1, 0.15) is 29.5 Å². The molecule has 0 bridgehead atoms. The lowest BCUT2D eigenvalue weighted by Gasteiger charge is -2.05. The van der Waals surface area contributed by atoms with Crippen molar-refractivity contribution in [1.29, 1.82) is 0 Å². The van der Waals surface area contributed by atoms with Gasteiger partial charge in [-0.1, -0.05) is 6.92 Å². The normalized spacial score (nSPS) is 10.5. The van der Waals surface area contributed by atoms with E-state index in [4.69, 9.17) is 10.5 Å². The van der Waals surface area contributed by atoms with Crippen LogP contribution in [0, 0.1) is 0 Å². The van der Waals surface area contributed by atoms with Crippen molar-refractivity contribution >= 4 is 23.4 Å². The second-order valence-corrected chi connectivity index (χ2v) is 4.65. The van der Waals surface area contributed by atoms with Crippen LogP contribution in [0.25, 0.3) is 0 Å². The average molecular weight is 257 g/mol. The number of anilines is 1. The molecule has 0 aliphatic heterocycles. The van der Waals surface area contributed by atoms with Gasteiger partial charge in [-0.15, -0.1) is 0 Å². The van der Waals surface area contributed by atoms with Crippen molar-refractivity contribution < 1.29 is 9.53 Å². The molecule has 0 fully saturated rings. The Hall–Kier alpha value is -1.17. The van der Waals surface area contributed by atoms with Crippen LogP contribution in [0.2, 0.25) is 0 Å². The Bertz CT molecular complexity index is 390. The van der Waals surface area contributed by atoms with Gasteiger partial charge in [0, 0.05) is 7.05 Å². The Morgan fingerprint density at radius 1 is 1.59 bits per heavy atom. The van der Waals surface area contributed by atoms with Gasteiger partial charge in [0.25, 0.3) is 0 Å². The predicted molar refractivity (Wildman–Crippen MR) is 70.3 cm³/mol. The number of carbonyl (C=O) groups excluding carboxylic acids is 1. The Labute approximate surface area is 106 Å². The largest absolute Gasteiger partial charge is 0.461 e. The Morgan fingerprint density at radius 2 is 2.29 bits per heavy atom. The van der Waals surface area contributed by atoms with Crippen molar-refractivity contribution in [3.8, 4) is 0 Å². The maximum atomic E-state index is 11.8. The molecule has 0 aliphatic rings. The van der Waals surface area contributed by atoms with Crippen molar-refractivity contribution in [3.63, 3.8) is 0 Å². The average Bonchev–Trinajstić information content (AvgIpc) is 2.59. The number of carbonyl (C=O) groups is 1. The van der Waals surface area contributed by atoms with E-state index < -0.39 is 5.97 Å². The first kappa shape index (κ1) is 13.9. The zero-order chi connectivity index (χ0) is 12.8. The van der Waals surface area contributed by atoms with Crippen LogP contribution in [-0.4, -0.2) is 34.4 Å². The molecule has 0 saturated carbocycles. The third-order valence-electron chi connectivity index (χ3n) is 2.41. The van der Waals surface area contributed by atoms with Crippen LogP contribution in [0.4, 0.5) is 5.69 Å². The molecular formula is C11H19N3O2S. The van der Waals surface area contributed by atoms with Gasteiger partial charge in [0.15, 0.2) is 5.69 Å². The standard InChI is InChI=1S/C11H19N3O2S/c1-4-8-9(12)10(14(2)13-8)11(15)16-6-5-7-17-3/h4-7,12H2,1-3H3. The van der Waals surface area contributed by atoms with E-state index in [0.29, 0.717) is 24.4 Å². The minimum Gasteiger partial charge on any atom is -0.461 e. The second kappa shape index (κ2) is 6.54. The first-order valence-electron chi connectivity index (χ1n) is 5.59. The molecular weight excluding hydrogens is 238 g/mol. The molecule has 1 heterocycles. The van der Waals surface area contributed by atoms with Gasteiger partial charge >= 0.3 is 5.97 Å². The summed E-state index contributed by atoms with van der Waals surface area (Å²) in [6.45, 7) is 2.37. The van der Waals surface area contributed by atoms with Crippen LogP contribution in [0.3, 0.4) is 0 Å². The first-order valence-corrected chi connectivity index (χ1v) is 6.98. The minimum atomic E-state index is -0.390. The van der Waals surface area contributed by atoms with E-state index in [-0.39, 0.29) is 0 Å². The van der Waals surface area contributed by atoms with E-state index in [1.165, 1.54) is 4.68 Å². The lowest BCUT2D eigenvalue weighted by molar-refractivity contribution is 0.0495. The van der Waals surface area contributed by atoms with Crippen molar-refractivity contribution in [2.24, 2.45) is 7.05 Å². The Balaban J connectivity index is 2.65. The lowest BCUT2D eigenvalue weighted by atomic mass is 10.2. The zero-order valence-corrected chi connectivity index (χ0v) is 11.3. The molecule has 0 aromatic carbocycles. The molecule has 17 heavy (non-hydrogen) atoms. The van der Waals surface area contributed by atoms with Gasteiger partial charge in [0.1, 0.15) is 0 Å². The highest BCUT2D eigenvalue weighted by Gasteiger charge is 2.20. The van der Waals surface area contributed by atoms with Crippen LogP contribution in [0.15, 0.2) is 0 Å². The molecule has 0 spiro atoms. The molecule has 1 aromatic heterocycles. The molecule has 96 valence electrons. The topological polar surface area (TPSA) is 70.1 Å². The molecule has 0 saturated heterocycles. The van der Waals surface area contributed by atoms with E-state index in [2.05, 4.69) is 5.10 Å². The number of hydrogen-bond donors (Lipinski definition) is 1. The van der Waals surface area contributed by atoms with Crippen molar-refractivity contribution in [1.82, 2.24) is 9.78 Å². The molecule has 0 atom stereocenters.